The second kappa shape index (κ2) is 5.19. The molecule has 0 spiro atoms. The average Bonchev–Trinajstić information content (AvgIpc) is 3.07. The number of nitrogens with one attached hydrogen (secondary N) is 1. The van der Waals surface area contributed by atoms with E-state index in [0.29, 0.717) is 18.8 Å². The first-order chi connectivity index (χ1) is 9.66. The molecular weight excluding hydrogens is 258 g/mol. The molecule has 1 aromatic heterocycles. The molecule has 0 radical (unpaired) electrons. The number of hydrogen-bond donors (Lipinski definition) is 1. The van der Waals surface area contributed by atoms with Gasteiger partial charge in [-0.2, -0.15) is 0 Å². The lowest BCUT2D eigenvalue weighted by Crippen LogP contribution is -2.50. The molecule has 2 aliphatic heterocycles. The normalized spacial score (nSPS) is 23.1. The van der Waals surface area contributed by atoms with Gasteiger partial charge in [0, 0.05) is 31.7 Å². The average molecular weight is 277 g/mol. The third kappa shape index (κ3) is 2.26. The first-order valence-electron chi connectivity index (χ1n) is 7.04. The molecule has 0 aromatic carbocycles. The maximum absolute atomic E-state index is 12.4. The molecule has 0 saturated carbocycles. The molecule has 3 heterocycles. The zero-order chi connectivity index (χ0) is 14.1. The van der Waals surface area contributed by atoms with Gasteiger partial charge in [-0.3, -0.25) is 4.79 Å². The highest BCUT2D eigenvalue weighted by molar-refractivity contribution is 5.93. The summed E-state index contributed by atoms with van der Waals surface area (Å²) in [6.07, 6.45) is 3.41. The molecule has 1 aromatic rings. The van der Waals surface area contributed by atoms with Crippen molar-refractivity contribution in [1.82, 2.24) is 15.1 Å². The van der Waals surface area contributed by atoms with Crippen LogP contribution < -0.4 is 5.32 Å². The van der Waals surface area contributed by atoms with Crippen molar-refractivity contribution in [3.05, 3.63) is 23.7 Å². The third-order valence-corrected chi connectivity index (χ3v) is 4.07. The molecule has 2 fully saturated rings. The zero-order valence-corrected chi connectivity index (χ0v) is 11.6. The van der Waals surface area contributed by atoms with Crippen molar-refractivity contribution in [3.8, 4) is 0 Å². The van der Waals surface area contributed by atoms with E-state index in [9.17, 15) is 9.59 Å². The molecule has 1 atom stereocenters. The number of urea groups is 1. The number of rotatable bonds is 2. The number of aryl methyl sites for hydroxylation is 1. The summed E-state index contributed by atoms with van der Waals surface area (Å²) in [5.41, 5.74) is 0.857. The fourth-order valence-electron chi connectivity index (χ4n) is 2.96. The molecule has 0 bridgehead atoms. The van der Waals surface area contributed by atoms with Crippen molar-refractivity contribution in [2.45, 2.75) is 25.8 Å². The Morgan fingerprint density at radius 2 is 2.30 bits per heavy atom. The Labute approximate surface area is 117 Å². The molecule has 1 unspecified atom stereocenters. The first kappa shape index (κ1) is 13.0. The minimum absolute atomic E-state index is 0.0153. The number of hydrogen-bond acceptors (Lipinski definition) is 3. The SMILES string of the molecule is Cc1ccoc1C(=O)N1CCCC(N2CCNC2=O)C1. The Hall–Kier alpha value is -1.98. The van der Waals surface area contributed by atoms with Crippen molar-refractivity contribution in [3.63, 3.8) is 0 Å². The molecular formula is C14H19N3O3. The van der Waals surface area contributed by atoms with Crippen LogP contribution in [-0.4, -0.2) is 54.0 Å². The maximum Gasteiger partial charge on any atom is 0.317 e. The summed E-state index contributed by atoms with van der Waals surface area (Å²) in [5.74, 6) is 0.341. The fraction of sp³-hybridized carbons (Fsp3) is 0.571. The van der Waals surface area contributed by atoms with Crippen LogP contribution in [0.4, 0.5) is 4.79 Å². The molecule has 20 heavy (non-hydrogen) atoms. The van der Waals surface area contributed by atoms with E-state index in [1.807, 2.05) is 11.8 Å². The minimum Gasteiger partial charge on any atom is -0.459 e. The van der Waals surface area contributed by atoms with Gasteiger partial charge in [-0.25, -0.2) is 4.79 Å². The van der Waals surface area contributed by atoms with Crippen molar-refractivity contribution in [2.75, 3.05) is 26.2 Å². The topological polar surface area (TPSA) is 65.8 Å². The number of furan rings is 1. The summed E-state index contributed by atoms with van der Waals surface area (Å²) in [4.78, 5) is 27.8. The van der Waals surface area contributed by atoms with Gasteiger partial charge in [0.25, 0.3) is 5.91 Å². The van der Waals surface area contributed by atoms with Crippen LogP contribution in [0.1, 0.15) is 29.0 Å². The predicted molar refractivity (Wildman–Crippen MR) is 72.5 cm³/mol. The van der Waals surface area contributed by atoms with Crippen LogP contribution in [0.5, 0.6) is 0 Å². The van der Waals surface area contributed by atoms with Crippen molar-refractivity contribution < 1.29 is 14.0 Å². The first-order valence-corrected chi connectivity index (χ1v) is 7.04. The molecule has 3 amide bonds. The lowest BCUT2D eigenvalue weighted by molar-refractivity contribution is 0.0603. The summed E-state index contributed by atoms with van der Waals surface area (Å²) < 4.78 is 5.28. The molecule has 0 aliphatic carbocycles. The van der Waals surface area contributed by atoms with Crippen LogP contribution >= 0.6 is 0 Å². The van der Waals surface area contributed by atoms with Crippen LogP contribution in [0.2, 0.25) is 0 Å². The Balaban J connectivity index is 1.70. The van der Waals surface area contributed by atoms with E-state index in [1.165, 1.54) is 6.26 Å². The second-order valence-electron chi connectivity index (χ2n) is 5.41. The van der Waals surface area contributed by atoms with E-state index < -0.39 is 0 Å². The highest BCUT2D eigenvalue weighted by Gasteiger charge is 2.33. The summed E-state index contributed by atoms with van der Waals surface area (Å²) in [7, 11) is 0. The van der Waals surface area contributed by atoms with Crippen LogP contribution in [-0.2, 0) is 0 Å². The highest BCUT2D eigenvalue weighted by atomic mass is 16.3. The number of piperidine rings is 1. The second-order valence-corrected chi connectivity index (χ2v) is 5.41. The van der Waals surface area contributed by atoms with Gasteiger partial charge in [-0.05, 0) is 25.8 Å². The monoisotopic (exact) mass is 277 g/mol. The molecule has 6 heteroatoms. The molecule has 3 rings (SSSR count). The van der Waals surface area contributed by atoms with Gasteiger partial charge >= 0.3 is 6.03 Å². The van der Waals surface area contributed by atoms with Gasteiger partial charge in [0.1, 0.15) is 0 Å². The number of nitrogens with zero attached hydrogens (tertiary/aromatic N) is 2. The van der Waals surface area contributed by atoms with Crippen LogP contribution in [0.15, 0.2) is 16.7 Å². The molecule has 1 N–H and O–H groups in total. The van der Waals surface area contributed by atoms with E-state index in [-0.39, 0.29) is 18.0 Å². The van der Waals surface area contributed by atoms with Crippen LogP contribution in [0, 0.1) is 6.92 Å². The Kier molecular flexibility index (Phi) is 3.38. The van der Waals surface area contributed by atoms with Gasteiger partial charge in [-0.1, -0.05) is 0 Å². The van der Waals surface area contributed by atoms with Crippen LogP contribution in [0.3, 0.4) is 0 Å². The summed E-state index contributed by atoms with van der Waals surface area (Å²) in [5, 5.41) is 2.81. The standard InChI is InChI=1S/C14H19N3O3/c1-10-4-8-20-12(10)13(18)16-6-2-3-11(9-16)17-7-5-15-14(17)19/h4,8,11H,2-3,5-7,9H2,1H3,(H,15,19). The molecule has 108 valence electrons. The highest BCUT2D eigenvalue weighted by Crippen LogP contribution is 2.20. The van der Waals surface area contributed by atoms with Crippen LogP contribution in [0.25, 0.3) is 0 Å². The van der Waals surface area contributed by atoms with Gasteiger partial charge in [-0.15, -0.1) is 0 Å². The summed E-state index contributed by atoms with van der Waals surface area (Å²) in [6.45, 7) is 4.61. The Morgan fingerprint density at radius 3 is 2.95 bits per heavy atom. The number of likely N-dealkylation sites (tertiary alicyclic amines) is 1. The van der Waals surface area contributed by atoms with Gasteiger partial charge in [0.2, 0.25) is 0 Å². The van der Waals surface area contributed by atoms with Crippen molar-refractivity contribution in [1.29, 1.82) is 0 Å². The third-order valence-electron chi connectivity index (χ3n) is 4.07. The lowest BCUT2D eigenvalue weighted by atomic mass is 10.0. The van der Waals surface area contributed by atoms with E-state index in [4.69, 9.17) is 4.42 Å². The minimum atomic E-state index is -0.0724. The largest absolute Gasteiger partial charge is 0.459 e. The van der Waals surface area contributed by atoms with E-state index in [0.717, 1.165) is 31.5 Å². The molecule has 2 aliphatic rings. The number of carbonyl (C=O) groups is 2. The van der Waals surface area contributed by atoms with E-state index in [2.05, 4.69) is 5.32 Å². The number of carbonyl (C=O) groups excluding carboxylic acids is 2. The Bertz CT molecular complexity index is 525. The van der Waals surface area contributed by atoms with Gasteiger partial charge < -0.3 is 19.5 Å². The van der Waals surface area contributed by atoms with Crippen molar-refractivity contribution >= 4 is 11.9 Å². The van der Waals surface area contributed by atoms with Gasteiger partial charge in [0.15, 0.2) is 5.76 Å². The van der Waals surface area contributed by atoms with Gasteiger partial charge in [0.05, 0.1) is 12.3 Å². The quantitative estimate of drug-likeness (QED) is 0.884. The predicted octanol–water partition coefficient (Wildman–Crippen LogP) is 1.22. The van der Waals surface area contributed by atoms with E-state index >= 15 is 0 Å². The van der Waals surface area contributed by atoms with E-state index in [1.54, 1.807) is 11.0 Å². The smallest absolute Gasteiger partial charge is 0.317 e. The molecule has 2 saturated heterocycles. The Morgan fingerprint density at radius 1 is 1.45 bits per heavy atom. The maximum atomic E-state index is 12.4. The fourth-order valence-corrected chi connectivity index (χ4v) is 2.96. The lowest BCUT2D eigenvalue weighted by Gasteiger charge is -2.36. The number of amides is 3. The molecule has 6 nitrogen and oxygen atoms in total. The summed E-state index contributed by atoms with van der Waals surface area (Å²) in [6, 6.07) is 1.90. The summed E-state index contributed by atoms with van der Waals surface area (Å²) >= 11 is 0. The zero-order valence-electron chi connectivity index (χ0n) is 11.6. The van der Waals surface area contributed by atoms with Crippen molar-refractivity contribution in [2.24, 2.45) is 0 Å².